The summed E-state index contributed by atoms with van der Waals surface area (Å²) in [4.78, 5) is 6.15. The third-order valence-corrected chi connectivity index (χ3v) is 3.76. The van der Waals surface area contributed by atoms with Crippen LogP contribution in [0.25, 0.3) is 0 Å². The molecule has 0 N–H and O–H groups in total. The van der Waals surface area contributed by atoms with Gasteiger partial charge in [0, 0.05) is 30.0 Å². The van der Waals surface area contributed by atoms with E-state index in [0.29, 0.717) is 5.82 Å². The average molecular weight is 247 g/mol. The molecule has 1 aliphatic rings. The lowest BCUT2D eigenvalue weighted by Gasteiger charge is -2.17. The molecule has 0 unspecified atom stereocenters. The van der Waals surface area contributed by atoms with Crippen LogP contribution < -0.4 is 4.90 Å². The van der Waals surface area contributed by atoms with Crippen molar-refractivity contribution in [1.29, 1.82) is 0 Å². The van der Waals surface area contributed by atoms with Gasteiger partial charge < -0.3 is 4.90 Å². The fraction of sp³-hybridized carbons (Fsp3) is 0.444. The van der Waals surface area contributed by atoms with Crippen LogP contribution >= 0.6 is 10.7 Å². The van der Waals surface area contributed by atoms with Gasteiger partial charge in [0.15, 0.2) is 0 Å². The van der Waals surface area contributed by atoms with Crippen LogP contribution in [0.5, 0.6) is 0 Å². The summed E-state index contributed by atoms with van der Waals surface area (Å²) in [6.07, 6.45) is 3.72. The molecule has 6 heteroatoms. The van der Waals surface area contributed by atoms with Crippen LogP contribution in [-0.4, -0.2) is 26.5 Å². The number of halogens is 1. The molecule has 2 rings (SSSR count). The van der Waals surface area contributed by atoms with Gasteiger partial charge in [-0.15, -0.1) is 0 Å². The molecule has 0 aromatic carbocycles. The molecule has 1 saturated heterocycles. The zero-order valence-electron chi connectivity index (χ0n) is 8.06. The molecule has 82 valence electrons. The molecule has 0 amide bonds. The first kappa shape index (κ1) is 10.7. The van der Waals surface area contributed by atoms with Crippen LogP contribution in [0.15, 0.2) is 23.2 Å². The van der Waals surface area contributed by atoms with Gasteiger partial charge in [0.05, 0.1) is 0 Å². The average Bonchev–Trinajstić information content (AvgIpc) is 2.69. The third-order valence-electron chi connectivity index (χ3n) is 2.42. The second-order valence-electron chi connectivity index (χ2n) is 3.46. The predicted molar refractivity (Wildman–Crippen MR) is 58.7 cm³/mol. The molecule has 2 heterocycles. The van der Waals surface area contributed by atoms with E-state index < -0.39 is 9.05 Å². The molecular weight excluding hydrogens is 236 g/mol. The fourth-order valence-electron chi connectivity index (χ4n) is 1.74. The Hall–Kier alpha value is -0.810. The summed E-state index contributed by atoms with van der Waals surface area (Å²) in [5.41, 5.74) is 0. The van der Waals surface area contributed by atoms with Crippen molar-refractivity contribution < 1.29 is 8.42 Å². The zero-order valence-corrected chi connectivity index (χ0v) is 9.63. The van der Waals surface area contributed by atoms with Crippen LogP contribution in [0.4, 0.5) is 5.82 Å². The monoisotopic (exact) mass is 246 g/mol. The number of hydrogen-bond donors (Lipinski definition) is 0. The summed E-state index contributed by atoms with van der Waals surface area (Å²) in [6.45, 7) is 1.69. The van der Waals surface area contributed by atoms with Gasteiger partial charge in [-0.05, 0) is 25.0 Å². The Morgan fingerprint density at radius 2 is 2.00 bits per heavy atom. The van der Waals surface area contributed by atoms with Gasteiger partial charge in [-0.25, -0.2) is 13.4 Å². The van der Waals surface area contributed by atoms with Crippen molar-refractivity contribution in [3.05, 3.63) is 18.3 Å². The minimum atomic E-state index is -3.70. The van der Waals surface area contributed by atoms with E-state index >= 15 is 0 Å². The Labute approximate surface area is 93.3 Å². The van der Waals surface area contributed by atoms with Gasteiger partial charge >= 0.3 is 0 Å². The van der Waals surface area contributed by atoms with Gasteiger partial charge in [0.1, 0.15) is 10.7 Å². The zero-order chi connectivity index (χ0) is 10.9. The van der Waals surface area contributed by atoms with E-state index in [0.717, 1.165) is 25.9 Å². The molecule has 1 fully saturated rings. The maximum Gasteiger partial charge on any atom is 0.264 e. The molecule has 0 radical (unpaired) electrons. The van der Waals surface area contributed by atoms with E-state index in [2.05, 4.69) is 4.98 Å². The van der Waals surface area contributed by atoms with Crippen molar-refractivity contribution >= 4 is 25.6 Å². The smallest absolute Gasteiger partial charge is 0.264 e. The molecule has 4 nitrogen and oxygen atoms in total. The lowest BCUT2D eigenvalue weighted by molar-refractivity contribution is 0.609. The molecule has 1 aliphatic heterocycles. The third kappa shape index (κ3) is 2.23. The van der Waals surface area contributed by atoms with E-state index in [-0.39, 0.29) is 4.90 Å². The minimum Gasteiger partial charge on any atom is -0.356 e. The highest BCUT2D eigenvalue weighted by Gasteiger charge is 2.22. The molecule has 15 heavy (non-hydrogen) atoms. The highest BCUT2D eigenvalue weighted by atomic mass is 35.7. The first-order valence-corrected chi connectivity index (χ1v) is 7.04. The molecule has 0 spiro atoms. The summed E-state index contributed by atoms with van der Waals surface area (Å²) >= 11 is 0. The topological polar surface area (TPSA) is 50.3 Å². The van der Waals surface area contributed by atoms with Crippen molar-refractivity contribution in [1.82, 2.24) is 4.98 Å². The lowest BCUT2D eigenvalue weighted by Crippen LogP contribution is -2.21. The Morgan fingerprint density at radius 3 is 2.60 bits per heavy atom. The van der Waals surface area contributed by atoms with Gasteiger partial charge in [-0.3, -0.25) is 0 Å². The molecular formula is C9H11ClN2O2S. The summed E-state index contributed by atoms with van der Waals surface area (Å²) < 4.78 is 22.6. The van der Waals surface area contributed by atoms with E-state index in [9.17, 15) is 8.42 Å². The number of nitrogens with zero attached hydrogens (tertiary/aromatic N) is 2. The fourth-order valence-corrected chi connectivity index (χ4v) is 2.74. The number of anilines is 1. The van der Waals surface area contributed by atoms with Crippen molar-refractivity contribution in [2.45, 2.75) is 17.7 Å². The lowest BCUT2D eigenvalue weighted by atomic mass is 10.4. The second kappa shape index (κ2) is 3.98. The Morgan fingerprint density at radius 1 is 1.33 bits per heavy atom. The second-order valence-corrected chi connectivity index (χ2v) is 5.99. The van der Waals surface area contributed by atoms with Gasteiger partial charge in [-0.2, -0.15) is 0 Å². The normalized spacial score (nSPS) is 17.0. The maximum atomic E-state index is 11.3. The van der Waals surface area contributed by atoms with E-state index in [1.165, 1.54) is 6.07 Å². The largest absolute Gasteiger partial charge is 0.356 e. The quantitative estimate of drug-likeness (QED) is 0.744. The Kier molecular flexibility index (Phi) is 2.84. The van der Waals surface area contributed by atoms with Crippen LogP contribution in [0.1, 0.15) is 12.8 Å². The van der Waals surface area contributed by atoms with Crippen molar-refractivity contribution in [3.63, 3.8) is 0 Å². The number of aromatic nitrogens is 1. The summed E-state index contributed by atoms with van der Waals surface area (Å²) in [7, 11) is 1.64. The Balaban J connectivity index is 2.46. The molecule has 1 aromatic heterocycles. The Bertz CT molecular complexity index is 455. The predicted octanol–water partition coefficient (Wildman–Crippen LogP) is 1.61. The number of pyridine rings is 1. The van der Waals surface area contributed by atoms with Crippen LogP contribution in [0, 0.1) is 0 Å². The molecule has 0 aliphatic carbocycles. The van der Waals surface area contributed by atoms with Gasteiger partial charge in [-0.1, -0.05) is 0 Å². The van der Waals surface area contributed by atoms with Crippen LogP contribution in [0.2, 0.25) is 0 Å². The molecule has 0 atom stereocenters. The summed E-state index contributed by atoms with van der Waals surface area (Å²) in [5.74, 6) is 0.477. The number of hydrogen-bond acceptors (Lipinski definition) is 4. The van der Waals surface area contributed by atoms with E-state index in [4.69, 9.17) is 10.7 Å². The van der Waals surface area contributed by atoms with E-state index in [1.54, 1.807) is 12.3 Å². The van der Waals surface area contributed by atoms with Crippen molar-refractivity contribution in [2.75, 3.05) is 18.0 Å². The maximum absolute atomic E-state index is 11.3. The number of rotatable bonds is 2. The first-order valence-electron chi connectivity index (χ1n) is 4.73. The highest BCUT2D eigenvalue weighted by Crippen LogP contribution is 2.27. The first-order chi connectivity index (χ1) is 7.09. The van der Waals surface area contributed by atoms with Crippen molar-refractivity contribution in [3.8, 4) is 0 Å². The highest BCUT2D eigenvalue weighted by molar-refractivity contribution is 8.13. The van der Waals surface area contributed by atoms with Crippen LogP contribution in [0.3, 0.4) is 0 Å². The standard InChI is InChI=1S/C9H11ClN2O2S/c10-15(13,14)8-4-3-5-11-9(8)12-6-1-2-7-12/h3-5H,1-2,6-7H2. The summed E-state index contributed by atoms with van der Waals surface area (Å²) in [5, 5.41) is 0. The van der Waals surface area contributed by atoms with Gasteiger partial charge in [0.2, 0.25) is 0 Å². The summed E-state index contributed by atoms with van der Waals surface area (Å²) in [6, 6.07) is 3.07. The van der Waals surface area contributed by atoms with Crippen LogP contribution in [-0.2, 0) is 9.05 Å². The van der Waals surface area contributed by atoms with Crippen molar-refractivity contribution in [2.24, 2.45) is 0 Å². The SMILES string of the molecule is O=S(=O)(Cl)c1cccnc1N1CCCC1. The molecule has 0 saturated carbocycles. The minimum absolute atomic E-state index is 0.105. The molecule has 1 aromatic rings. The van der Waals surface area contributed by atoms with Gasteiger partial charge in [0.25, 0.3) is 9.05 Å². The molecule has 0 bridgehead atoms. The van der Waals surface area contributed by atoms with E-state index in [1.807, 2.05) is 4.90 Å².